The molecule has 0 aliphatic heterocycles. The van der Waals surface area contributed by atoms with Crippen molar-refractivity contribution in [2.45, 2.75) is 19.3 Å². The highest BCUT2D eigenvalue weighted by atomic mass is 127. The molecule has 0 bridgehead atoms. The average molecular weight is 434 g/mol. The van der Waals surface area contributed by atoms with Gasteiger partial charge in [-0.2, -0.15) is 0 Å². The number of rotatable bonds is 9. The Bertz CT molecular complexity index is 426. The molecule has 1 aromatic rings. The zero-order valence-electron chi connectivity index (χ0n) is 14.5. The summed E-state index contributed by atoms with van der Waals surface area (Å²) in [5.74, 6) is 0.856. The first-order valence-electron chi connectivity index (χ1n) is 8.00. The SMILES string of the molecule is CCNC(=NCC(CO)c1ccccc1)NCCCN(C)C.I. The number of hydrogen-bond acceptors (Lipinski definition) is 3. The second kappa shape index (κ2) is 13.6. The van der Waals surface area contributed by atoms with Crippen molar-refractivity contribution in [2.24, 2.45) is 4.99 Å². The third-order valence-corrected chi connectivity index (χ3v) is 3.38. The van der Waals surface area contributed by atoms with Crippen molar-refractivity contribution in [2.75, 3.05) is 46.9 Å². The molecule has 0 fully saturated rings. The monoisotopic (exact) mass is 434 g/mol. The van der Waals surface area contributed by atoms with Gasteiger partial charge in [0, 0.05) is 19.0 Å². The first kappa shape index (κ1) is 22.1. The number of guanidine groups is 1. The lowest BCUT2D eigenvalue weighted by molar-refractivity contribution is 0.268. The number of nitrogens with one attached hydrogen (secondary N) is 2. The van der Waals surface area contributed by atoms with Crippen LogP contribution >= 0.6 is 24.0 Å². The Kier molecular flexibility index (Phi) is 13.1. The summed E-state index contributed by atoms with van der Waals surface area (Å²) in [5, 5.41) is 16.2. The van der Waals surface area contributed by atoms with Gasteiger partial charge in [-0.3, -0.25) is 4.99 Å². The third kappa shape index (κ3) is 9.78. The van der Waals surface area contributed by atoms with E-state index in [0.29, 0.717) is 6.54 Å². The largest absolute Gasteiger partial charge is 0.396 e. The van der Waals surface area contributed by atoms with E-state index in [0.717, 1.165) is 37.6 Å². The van der Waals surface area contributed by atoms with Crippen molar-refractivity contribution < 1.29 is 5.11 Å². The highest BCUT2D eigenvalue weighted by Crippen LogP contribution is 2.14. The summed E-state index contributed by atoms with van der Waals surface area (Å²) in [7, 11) is 4.15. The lowest BCUT2D eigenvalue weighted by Crippen LogP contribution is -2.38. The summed E-state index contributed by atoms with van der Waals surface area (Å²) in [6.07, 6.45) is 1.07. The molecule has 6 heteroatoms. The fourth-order valence-corrected chi connectivity index (χ4v) is 2.14. The van der Waals surface area contributed by atoms with Crippen LogP contribution in [0.2, 0.25) is 0 Å². The van der Waals surface area contributed by atoms with Gasteiger partial charge in [0.25, 0.3) is 0 Å². The van der Waals surface area contributed by atoms with Gasteiger partial charge in [0.2, 0.25) is 0 Å². The van der Waals surface area contributed by atoms with E-state index in [4.69, 9.17) is 0 Å². The minimum Gasteiger partial charge on any atom is -0.396 e. The maximum atomic E-state index is 9.58. The van der Waals surface area contributed by atoms with Crippen molar-refractivity contribution >= 4 is 29.9 Å². The van der Waals surface area contributed by atoms with Gasteiger partial charge in [-0.15, -0.1) is 24.0 Å². The predicted molar refractivity (Wildman–Crippen MR) is 109 cm³/mol. The lowest BCUT2D eigenvalue weighted by atomic mass is 10.0. The maximum Gasteiger partial charge on any atom is 0.191 e. The molecule has 132 valence electrons. The van der Waals surface area contributed by atoms with Crippen LogP contribution in [-0.4, -0.2) is 62.8 Å². The zero-order valence-corrected chi connectivity index (χ0v) is 16.8. The highest BCUT2D eigenvalue weighted by molar-refractivity contribution is 14.0. The molecule has 0 saturated heterocycles. The summed E-state index contributed by atoms with van der Waals surface area (Å²) in [5.41, 5.74) is 1.12. The summed E-state index contributed by atoms with van der Waals surface area (Å²) in [4.78, 5) is 6.77. The van der Waals surface area contributed by atoms with Crippen molar-refractivity contribution in [3.63, 3.8) is 0 Å². The molecule has 3 N–H and O–H groups in total. The minimum absolute atomic E-state index is 0. The molecular formula is C17H31IN4O. The van der Waals surface area contributed by atoms with Crippen molar-refractivity contribution in [1.82, 2.24) is 15.5 Å². The van der Waals surface area contributed by atoms with Crippen molar-refractivity contribution in [1.29, 1.82) is 0 Å². The van der Waals surface area contributed by atoms with Crippen LogP contribution in [-0.2, 0) is 0 Å². The van der Waals surface area contributed by atoms with Gasteiger partial charge in [-0.05, 0) is 39.5 Å². The maximum absolute atomic E-state index is 9.58. The molecule has 5 nitrogen and oxygen atoms in total. The minimum atomic E-state index is 0. The van der Waals surface area contributed by atoms with Crippen molar-refractivity contribution in [3.8, 4) is 0 Å². The smallest absolute Gasteiger partial charge is 0.191 e. The second-order valence-corrected chi connectivity index (χ2v) is 5.59. The Labute approximate surface area is 157 Å². The van der Waals surface area contributed by atoms with E-state index in [1.54, 1.807) is 0 Å². The first-order chi connectivity index (χ1) is 10.7. The lowest BCUT2D eigenvalue weighted by Gasteiger charge is -2.16. The number of halogens is 1. The Morgan fingerprint density at radius 1 is 1.22 bits per heavy atom. The predicted octanol–water partition coefficient (Wildman–Crippen LogP) is 1.89. The Hall–Kier alpha value is -0.860. The molecule has 0 aliphatic carbocycles. The van der Waals surface area contributed by atoms with Gasteiger partial charge >= 0.3 is 0 Å². The summed E-state index contributed by atoms with van der Waals surface area (Å²) in [6, 6.07) is 10.0. The van der Waals surface area contributed by atoms with E-state index in [2.05, 4.69) is 41.5 Å². The zero-order chi connectivity index (χ0) is 16.2. The van der Waals surface area contributed by atoms with Gasteiger partial charge < -0.3 is 20.6 Å². The molecule has 1 rings (SSSR count). The van der Waals surface area contributed by atoms with E-state index < -0.39 is 0 Å². The molecule has 1 atom stereocenters. The van der Waals surface area contributed by atoms with Gasteiger partial charge in [-0.1, -0.05) is 30.3 Å². The molecule has 0 radical (unpaired) electrons. The normalized spacial score (nSPS) is 12.7. The number of aliphatic hydroxyl groups excluding tert-OH is 1. The van der Waals surface area contributed by atoms with E-state index >= 15 is 0 Å². The molecule has 0 heterocycles. The van der Waals surface area contributed by atoms with Gasteiger partial charge in [-0.25, -0.2) is 0 Å². The average Bonchev–Trinajstić information content (AvgIpc) is 2.52. The van der Waals surface area contributed by atoms with E-state index in [9.17, 15) is 5.11 Å². The number of hydrogen-bond donors (Lipinski definition) is 3. The molecule has 1 aromatic carbocycles. The molecule has 0 amide bonds. The molecule has 0 aliphatic rings. The molecule has 0 spiro atoms. The number of benzene rings is 1. The summed E-state index contributed by atoms with van der Waals surface area (Å²) in [6.45, 7) is 5.50. The fraction of sp³-hybridized carbons (Fsp3) is 0.588. The van der Waals surface area contributed by atoms with Crippen LogP contribution in [0, 0.1) is 0 Å². The second-order valence-electron chi connectivity index (χ2n) is 5.59. The third-order valence-electron chi connectivity index (χ3n) is 3.38. The number of aliphatic hydroxyl groups is 1. The highest BCUT2D eigenvalue weighted by Gasteiger charge is 2.09. The first-order valence-corrected chi connectivity index (χ1v) is 8.00. The van der Waals surface area contributed by atoms with Gasteiger partial charge in [0.05, 0.1) is 13.2 Å². The molecule has 23 heavy (non-hydrogen) atoms. The summed E-state index contributed by atoms with van der Waals surface area (Å²) < 4.78 is 0. The van der Waals surface area contributed by atoms with Gasteiger partial charge in [0.15, 0.2) is 5.96 Å². The molecule has 0 saturated carbocycles. The Morgan fingerprint density at radius 3 is 2.48 bits per heavy atom. The molecule has 0 aromatic heterocycles. The quantitative estimate of drug-likeness (QED) is 0.241. The van der Waals surface area contributed by atoms with Crippen LogP contribution in [0.5, 0.6) is 0 Å². The topological polar surface area (TPSA) is 59.9 Å². The standard InChI is InChI=1S/C17H30N4O.HI/c1-4-18-17(19-11-8-12-21(2)3)20-13-16(14-22)15-9-6-5-7-10-15;/h5-7,9-10,16,22H,4,8,11-14H2,1-3H3,(H2,18,19,20);1H. The van der Waals surface area contributed by atoms with Crippen molar-refractivity contribution in [3.05, 3.63) is 35.9 Å². The molecule has 1 unspecified atom stereocenters. The number of nitrogens with zero attached hydrogens (tertiary/aromatic N) is 2. The molecular weight excluding hydrogens is 403 g/mol. The van der Waals surface area contributed by atoms with E-state index in [1.165, 1.54) is 0 Å². The summed E-state index contributed by atoms with van der Waals surface area (Å²) >= 11 is 0. The number of aliphatic imine (C=N–C) groups is 1. The van der Waals surface area contributed by atoms with Crippen LogP contribution in [0.4, 0.5) is 0 Å². The van der Waals surface area contributed by atoms with E-state index in [-0.39, 0.29) is 36.5 Å². The Balaban J connectivity index is 0.00000484. The van der Waals surface area contributed by atoms with Crippen LogP contribution in [0.1, 0.15) is 24.8 Å². The van der Waals surface area contributed by atoms with Gasteiger partial charge in [0.1, 0.15) is 0 Å². The Morgan fingerprint density at radius 2 is 1.91 bits per heavy atom. The van der Waals surface area contributed by atoms with Crippen LogP contribution in [0.25, 0.3) is 0 Å². The fourth-order valence-electron chi connectivity index (χ4n) is 2.14. The van der Waals surface area contributed by atoms with Crippen LogP contribution in [0.15, 0.2) is 35.3 Å². The van der Waals surface area contributed by atoms with Crippen LogP contribution < -0.4 is 10.6 Å². The van der Waals surface area contributed by atoms with Crippen LogP contribution in [0.3, 0.4) is 0 Å². The van der Waals surface area contributed by atoms with E-state index in [1.807, 2.05) is 30.3 Å².